The number of nitrogens with zero attached hydrogens (tertiary/aromatic N) is 3. The number of likely N-dealkylation sites (N-methyl/N-ethyl adjacent to an activating group) is 1. The van der Waals surface area contributed by atoms with Crippen molar-refractivity contribution in [1.82, 2.24) is 9.91 Å². The standard InChI is InChI=1S/C29H27F3N4O6/c1-35(28(38)33-19-7-5-18(6-8-19)29(30,31)32)15-27(37)36-23(17-4-11-24-26(12-17)42-16-41-24)14-22(34-36)21-10-9-20(39-2)13-25(21)40-3/h4-13,23H,14-16H2,1-3H3,(H,33,38)/t23-/m1/s1. The van der Waals surface area contributed by atoms with E-state index in [1.165, 1.54) is 19.2 Å². The lowest BCUT2D eigenvalue weighted by Crippen LogP contribution is -2.41. The van der Waals surface area contributed by atoms with Gasteiger partial charge in [0.2, 0.25) is 6.79 Å². The summed E-state index contributed by atoms with van der Waals surface area (Å²) in [5, 5.41) is 8.47. The molecule has 3 aromatic carbocycles. The van der Waals surface area contributed by atoms with Gasteiger partial charge in [-0.05, 0) is 54.1 Å². The molecule has 2 heterocycles. The van der Waals surface area contributed by atoms with Crippen LogP contribution in [0.25, 0.3) is 0 Å². The number of fused-ring (bicyclic) bond motifs is 1. The van der Waals surface area contributed by atoms with Crippen molar-refractivity contribution in [2.75, 3.05) is 39.9 Å². The molecule has 1 N–H and O–H groups in total. The highest BCUT2D eigenvalue weighted by atomic mass is 19.4. The van der Waals surface area contributed by atoms with Crippen LogP contribution in [0.4, 0.5) is 23.7 Å². The minimum absolute atomic E-state index is 0.0930. The molecule has 42 heavy (non-hydrogen) atoms. The Labute approximate surface area is 239 Å². The van der Waals surface area contributed by atoms with Crippen LogP contribution >= 0.6 is 0 Å². The van der Waals surface area contributed by atoms with Crippen LogP contribution in [0.2, 0.25) is 0 Å². The van der Waals surface area contributed by atoms with E-state index in [-0.39, 0.29) is 19.0 Å². The number of carbonyl (C=O) groups is 2. The summed E-state index contributed by atoms with van der Waals surface area (Å²) >= 11 is 0. The Hall–Kier alpha value is -4.94. The number of alkyl halides is 3. The second-order valence-corrected chi connectivity index (χ2v) is 9.55. The zero-order valence-electron chi connectivity index (χ0n) is 22.9. The second kappa shape index (κ2) is 11.5. The third kappa shape index (κ3) is 5.90. The van der Waals surface area contributed by atoms with Crippen molar-refractivity contribution in [2.45, 2.75) is 18.6 Å². The number of hydrogen-bond donors (Lipinski definition) is 1. The molecule has 0 spiro atoms. The SMILES string of the molecule is COc1ccc(C2=NN(C(=O)CN(C)C(=O)Nc3ccc(C(F)(F)F)cc3)[C@@H](c3ccc4c(c3)OCO4)C2)c(OC)c1. The molecule has 0 bridgehead atoms. The highest BCUT2D eigenvalue weighted by Gasteiger charge is 2.36. The molecule has 220 valence electrons. The normalized spacial score (nSPS) is 15.7. The number of ether oxygens (including phenoxy) is 4. The highest BCUT2D eigenvalue weighted by molar-refractivity contribution is 6.05. The van der Waals surface area contributed by atoms with Crippen LogP contribution in [0, 0.1) is 0 Å². The van der Waals surface area contributed by atoms with Gasteiger partial charge >= 0.3 is 12.2 Å². The van der Waals surface area contributed by atoms with E-state index >= 15 is 0 Å². The Morgan fingerprint density at radius 1 is 1.02 bits per heavy atom. The molecule has 0 radical (unpaired) electrons. The van der Waals surface area contributed by atoms with Gasteiger partial charge in [-0.2, -0.15) is 18.3 Å². The molecule has 2 aliphatic rings. The Balaban J connectivity index is 1.37. The van der Waals surface area contributed by atoms with Crippen LogP contribution in [0.15, 0.2) is 65.8 Å². The molecular formula is C29H27F3N4O6. The maximum Gasteiger partial charge on any atom is 0.416 e. The van der Waals surface area contributed by atoms with Gasteiger partial charge in [-0.3, -0.25) is 4.79 Å². The molecular weight excluding hydrogens is 557 g/mol. The summed E-state index contributed by atoms with van der Waals surface area (Å²) in [6, 6.07) is 13.5. The van der Waals surface area contributed by atoms with Gasteiger partial charge in [0, 0.05) is 30.8 Å². The first-order valence-electron chi connectivity index (χ1n) is 12.8. The van der Waals surface area contributed by atoms with Gasteiger partial charge in [0.15, 0.2) is 11.5 Å². The number of rotatable bonds is 7. The van der Waals surface area contributed by atoms with Crippen molar-refractivity contribution >= 4 is 23.3 Å². The lowest BCUT2D eigenvalue weighted by Gasteiger charge is -2.25. The average molecular weight is 585 g/mol. The largest absolute Gasteiger partial charge is 0.497 e. The van der Waals surface area contributed by atoms with Crippen LogP contribution < -0.4 is 24.3 Å². The summed E-state index contributed by atoms with van der Waals surface area (Å²) < 4.78 is 60.4. The van der Waals surface area contributed by atoms with E-state index < -0.39 is 29.7 Å². The average Bonchev–Trinajstić information content (AvgIpc) is 3.63. The van der Waals surface area contributed by atoms with Gasteiger partial charge in [-0.1, -0.05) is 6.07 Å². The van der Waals surface area contributed by atoms with Crippen molar-refractivity contribution in [3.8, 4) is 23.0 Å². The Bertz CT molecular complexity index is 1530. The Morgan fingerprint density at radius 3 is 2.45 bits per heavy atom. The van der Waals surface area contributed by atoms with Crippen LogP contribution in [0.5, 0.6) is 23.0 Å². The number of amides is 3. The molecule has 3 aromatic rings. The number of carbonyl (C=O) groups excluding carboxylic acids is 2. The third-order valence-electron chi connectivity index (χ3n) is 6.85. The van der Waals surface area contributed by atoms with E-state index in [1.807, 2.05) is 6.07 Å². The minimum atomic E-state index is -4.49. The molecule has 0 saturated heterocycles. The van der Waals surface area contributed by atoms with Gasteiger partial charge < -0.3 is 29.2 Å². The monoisotopic (exact) mass is 584 g/mol. The maximum absolute atomic E-state index is 13.6. The Morgan fingerprint density at radius 2 is 1.76 bits per heavy atom. The van der Waals surface area contributed by atoms with Crippen molar-refractivity contribution in [3.63, 3.8) is 0 Å². The molecule has 1 atom stereocenters. The van der Waals surface area contributed by atoms with Gasteiger partial charge in [0.1, 0.15) is 18.0 Å². The van der Waals surface area contributed by atoms with Gasteiger partial charge in [0.05, 0.1) is 31.5 Å². The summed E-state index contributed by atoms with van der Waals surface area (Å²) in [5.74, 6) is 1.76. The first kappa shape index (κ1) is 28.6. The summed E-state index contributed by atoms with van der Waals surface area (Å²) in [5.41, 5.74) is 1.32. The lowest BCUT2D eigenvalue weighted by molar-refractivity contribution is -0.137. The number of nitrogens with one attached hydrogen (secondary N) is 1. The lowest BCUT2D eigenvalue weighted by atomic mass is 9.97. The van der Waals surface area contributed by atoms with E-state index in [4.69, 9.17) is 18.9 Å². The molecule has 2 aliphatic heterocycles. The molecule has 3 amide bonds. The predicted molar refractivity (Wildman–Crippen MR) is 146 cm³/mol. The fraction of sp³-hybridized carbons (Fsp3) is 0.276. The summed E-state index contributed by atoms with van der Waals surface area (Å²) in [6.45, 7) is -0.264. The van der Waals surface area contributed by atoms with Gasteiger partial charge in [-0.25, -0.2) is 9.80 Å². The van der Waals surface area contributed by atoms with Crippen molar-refractivity contribution in [2.24, 2.45) is 5.10 Å². The number of urea groups is 1. The van der Waals surface area contributed by atoms with E-state index in [2.05, 4.69) is 10.4 Å². The smallest absolute Gasteiger partial charge is 0.416 e. The van der Waals surface area contributed by atoms with Crippen molar-refractivity contribution in [1.29, 1.82) is 0 Å². The van der Waals surface area contributed by atoms with Crippen LogP contribution in [-0.4, -0.2) is 62.2 Å². The molecule has 0 aliphatic carbocycles. The first-order chi connectivity index (χ1) is 20.1. The number of methoxy groups -OCH3 is 2. The molecule has 0 unspecified atom stereocenters. The van der Waals surface area contributed by atoms with Crippen molar-refractivity contribution < 1.29 is 41.7 Å². The number of hydrazone groups is 1. The molecule has 5 rings (SSSR count). The molecule has 0 saturated carbocycles. The van der Waals surface area contributed by atoms with Gasteiger partial charge in [-0.15, -0.1) is 0 Å². The number of benzene rings is 3. The minimum Gasteiger partial charge on any atom is -0.497 e. The fourth-order valence-corrected chi connectivity index (χ4v) is 4.63. The highest BCUT2D eigenvalue weighted by Crippen LogP contribution is 2.40. The van der Waals surface area contributed by atoms with E-state index in [0.29, 0.717) is 40.7 Å². The summed E-state index contributed by atoms with van der Waals surface area (Å²) in [4.78, 5) is 27.5. The van der Waals surface area contributed by atoms with E-state index in [9.17, 15) is 22.8 Å². The van der Waals surface area contributed by atoms with E-state index in [0.717, 1.165) is 34.7 Å². The molecule has 13 heteroatoms. The first-order valence-corrected chi connectivity index (χ1v) is 12.8. The Kier molecular flexibility index (Phi) is 7.83. The fourth-order valence-electron chi connectivity index (χ4n) is 4.63. The van der Waals surface area contributed by atoms with Crippen molar-refractivity contribution in [3.05, 3.63) is 77.4 Å². The number of hydrogen-bond acceptors (Lipinski definition) is 7. The number of halogens is 3. The summed E-state index contributed by atoms with van der Waals surface area (Å²) in [6.07, 6.45) is -4.15. The second-order valence-electron chi connectivity index (χ2n) is 9.55. The zero-order chi connectivity index (χ0) is 30.0. The topological polar surface area (TPSA) is 102 Å². The van der Waals surface area contributed by atoms with Crippen LogP contribution in [-0.2, 0) is 11.0 Å². The molecule has 0 aromatic heterocycles. The summed E-state index contributed by atoms with van der Waals surface area (Å²) in [7, 11) is 4.47. The van der Waals surface area contributed by atoms with Crippen LogP contribution in [0.3, 0.4) is 0 Å². The zero-order valence-corrected chi connectivity index (χ0v) is 22.9. The quantitative estimate of drug-likeness (QED) is 0.405. The third-order valence-corrected chi connectivity index (χ3v) is 6.85. The van der Waals surface area contributed by atoms with Gasteiger partial charge in [0.25, 0.3) is 5.91 Å². The maximum atomic E-state index is 13.6. The van der Waals surface area contributed by atoms with Crippen LogP contribution in [0.1, 0.15) is 29.2 Å². The molecule has 0 fully saturated rings. The predicted octanol–water partition coefficient (Wildman–Crippen LogP) is 5.29. The van der Waals surface area contributed by atoms with E-state index in [1.54, 1.807) is 37.4 Å². The molecule has 10 nitrogen and oxygen atoms in total. The number of anilines is 1.